The fourth-order valence-corrected chi connectivity index (χ4v) is 4.63. The monoisotopic (exact) mass is 437 g/mol. The molecule has 0 spiro atoms. The lowest BCUT2D eigenvalue weighted by Crippen LogP contribution is -2.21. The number of nitro benzene ring substituents is 1. The van der Waals surface area contributed by atoms with Crippen LogP contribution in [0.25, 0.3) is 11.3 Å². The first-order valence-corrected chi connectivity index (χ1v) is 11.9. The van der Waals surface area contributed by atoms with Gasteiger partial charge in [0.2, 0.25) is 0 Å². The van der Waals surface area contributed by atoms with Gasteiger partial charge in [-0.05, 0) is 61.1 Å². The quantitative estimate of drug-likeness (QED) is 0.263. The van der Waals surface area contributed by atoms with E-state index in [9.17, 15) is 10.1 Å². The van der Waals surface area contributed by atoms with Gasteiger partial charge in [0.1, 0.15) is 0 Å². The van der Waals surface area contributed by atoms with Gasteiger partial charge in [0.15, 0.2) is 4.80 Å². The van der Waals surface area contributed by atoms with Crippen molar-refractivity contribution in [2.24, 2.45) is 10.9 Å². The number of benzene rings is 2. The molecule has 0 aliphatic heterocycles. The lowest BCUT2D eigenvalue weighted by Gasteiger charge is -2.18. The molecule has 0 saturated carbocycles. The predicted octanol–water partition coefficient (Wildman–Crippen LogP) is 7.19. The Morgan fingerprint density at radius 1 is 1.13 bits per heavy atom. The largest absolute Gasteiger partial charge is 0.316 e. The fraction of sp³-hybridized carbons (Fsp3) is 0.400. The molecule has 0 amide bonds. The molecule has 0 fully saturated rings. The molecule has 6 heteroatoms. The van der Waals surface area contributed by atoms with Crippen LogP contribution in [-0.4, -0.2) is 9.49 Å². The Kier molecular flexibility index (Phi) is 7.80. The number of aryl methyl sites for hydroxylation is 2. The number of nitro groups is 1. The number of aromatic nitrogens is 1. The molecule has 1 unspecified atom stereocenters. The number of rotatable bonds is 9. The van der Waals surface area contributed by atoms with Crippen molar-refractivity contribution < 1.29 is 4.92 Å². The summed E-state index contributed by atoms with van der Waals surface area (Å²) in [7, 11) is 0. The number of nitrogens with zero attached hydrogens (tertiary/aromatic N) is 3. The first kappa shape index (κ1) is 22.9. The summed E-state index contributed by atoms with van der Waals surface area (Å²) in [6.45, 7) is 9.55. The number of thiazole rings is 1. The minimum atomic E-state index is -0.357. The normalized spacial score (nSPS) is 12.8. The van der Waals surface area contributed by atoms with Gasteiger partial charge >= 0.3 is 0 Å². The van der Waals surface area contributed by atoms with Crippen molar-refractivity contribution in [2.45, 2.75) is 59.9 Å². The van der Waals surface area contributed by atoms with Crippen molar-refractivity contribution >= 4 is 22.7 Å². The van der Waals surface area contributed by atoms with Crippen molar-refractivity contribution in [3.63, 3.8) is 0 Å². The van der Waals surface area contributed by atoms with E-state index >= 15 is 0 Å². The Hall–Kier alpha value is -2.73. The van der Waals surface area contributed by atoms with Gasteiger partial charge in [-0.25, -0.2) is 4.99 Å². The molecule has 2 aromatic carbocycles. The Morgan fingerprint density at radius 3 is 2.52 bits per heavy atom. The molecule has 0 bridgehead atoms. The van der Waals surface area contributed by atoms with Crippen LogP contribution in [0.3, 0.4) is 0 Å². The molecule has 1 atom stereocenters. The number of unbranched alkanes of at least 4 members (excludes halogenated alkanes) is 1. The van der Waals surface area contributed by atoms with E-state index in [1.165, 1.54) is 24.8 Å². The van der Waals surface area contributed by atoms with Crippen molar-refractivity contribution in [2.75, 3.05) is 0 Å². The van der Waals surface area contributed by atoms with Gasteiger partial charge in [0.25, 0.3) is 5.69 Å². The summed E-state index contributed by atoms with van der Waals surface area (Å²) in [5.74, 6) is 0.573. The van der Waals surface area contributed by atoms with Crippen LogP contribution in [0.15, 0.2) is 52.8 Å². The number of non-ortho nitro benzene ring substituents is 1. The summed E-state index contributed by atoms with van der Waals surface area (Å²) in [4.78, 5) is 16.7. The second-order valence-corrected chi connectivity index (χ2v) is 8.97. The highest BCUT2D eigenvalue weighted by molar-refractivity contribution is 7.07. The van der Waals surface area contributed by atoms with E-state index in [4.69, 9.17) is 4.99 Å². The minimum Gasteiger partial charge on any atom is -0.316 e. The summed E-state index contributed by atoms with van der Waals surface area (Å²) in [6, 6.07) is 13.2. The van der Waals surface area contributed by atoms with Crippen molar-refractivity contribution in [3.05, 3.63) is 73.9 Å². The molecule has 3 rings (SSSR count). The van der Waals surface area contributed by atoms with Crippen molar-refractivity contribution in [1.82, 2.24) is 4.57 Å². The smallest absolute Gasteiger partial charge is 0.269 e. The Balaban J connectivity index is 2.09. The van der Waals surface area contributed by atoms with Crippen molar-refractivity contribution in [1.29, 1.82) is 0 Å². The topological polar surface area (TPSA) is 60.4 Å². The third-order valence-corrected chi connectivity index (χ3v) is 6.60. The van der Waals surface area contributed by atoms with E-state index in [2.05, 4.69) is 55.8 Å². The molecule has 31 heavy (non-hydrogen) atoms. The van der Waals surface area contributed by atoms with Crippen molar-refractivity contribution in [3.8, 4) is 11.3 Å². The van der Waals surface area contributed by atoms with Crippen LogP contribution in [0.1, 0.15) is 50.7 Å². The SMILES string of the molecule is CCCCC(CC)Cn1c(-c2ccc([N+](=O)[O-])cc2)csc1=Nc1cc(C)ccc1C. The second-order valence-electron chi connectivity index (χ2n) is 8.14. The molecular formula is C25H31N3O2S. The number of hydrogen-bond acceptors (Lipinski definition) is 4. The Bertz CT molecular complexity index is 1100. The van der Waals surface area contributed by atoms with Crippen LogP contribution < -0.4 is 4.80 Å². The average Bonchev–Trinajstić information content (AvgIpc) is 3.15. The molecule has 0 N–H and O–H groups in total. The molecule has 1 aromatic heterocycles. The minimum absolute atomic E-state index is 0.111. The standard InChI is InChI=1S/C25H31N3O2S/c1-5-7-8-20(6-2)16-27-24(21-11-13-22(14-12-21)28(29)30)17-31-25(27)26-23-15-18(3)9-10-19(23)4/h9-15,17,20H,5-8,16H2,1-4H3. The summed E-state index contributed by atoms with van der Waals surface area (Å²) in [5.41, 5.74) is 5.50. The average molecular weight is 438 g/mol. The lowest BCUT2D eigenvalue weighted by atomic mass is 9.99. The zero-order valence-corrected chi connectivity index (χ0v) is 19.6. The molecule has 0 aliphatic carbocycles. The van der Waals surface area contributed by atoms with Crippen LogP contribution in [0, 0.1) is 29.9 Å². The first-order valence-electron chi connectivity index (χ1n) is 11.0. The summed E-state index contributed by atoms with van der Waals surface area (Å²) < 4.78 is 2.30. The van der Waals surface area contributed by atoms with Gasteiger partial charge in [0, 0.05) is 24.1 Å². The van der Waals surface area contributed by atoms with E-state index in [-0.39, 0.29) is 10.6 Å². The molecule has 1 heterocycles. The zero-order valence-electron chi connectivity index (χ0n) is 18.8. The maximum Gasteiger partial charge on any atom is 0.269 e. The molecule has 0 aliphatic rings. The van der Waals surface area contributed by atoms with E-state index in [0.717, 1.165) is 40.3 Å². The maximum atomic E-state index is 11.1. The summed E-state index contributed by atoms with van der Waals surface area (Å²) in [6.07, 6.45) is 4.73. The van der Waals surface area contributed by atoms with Gasteiger partial charge in [-0.3, -0.25) is 10.1 Å². The fourth-order valence-electron chi connectivity index (χ4n) is 3.70. The zero-order chi connectivity index (χ0) is 22.4. The first-order chi connectivity index (χ1) is 14.9. The van der Waals surface area contributed by atoms with Crippen LogP contribution in [0.2, 0.25) is 0 Å². The maximum absolute atomic E-state index is 11.1. The molecular weight excluding hydrogens is 406 g/mol. The van der Waals surface area contributed by atoms with E-state index in [1.54, 1.807) is 23.5 Å². The third kappa shape index (κ3) is 5.70. The van der Waals surface area contributed by atoms with Gasteiger partial charge in [0.05, 0.1) is 16.3 Å². The number of hydrogen-bond donors (Lipinski definition) is 0. The van der Waals surface area contributed by atoms with Gasteiger partial charge in [-0.15, -0.1) is 11.3 Å². The van der Waals surface area contributed by atoms with E-state index in [1.807, 2.05) is 12.1 Å². The van der Waals surface area contributed by atoms with Crippen LogP contribution >= 0.6 is 11.3 Å². The predicted molar refractivity (Wildman–Crippen MR) is 129 cm³/mol. The second kappa shape index (κ2) is 10.5. The summed E-state index contributed by atoms with van der Waals surface area (Å²) in [5, 5.41) is 13.2. The molecule has 0 saturated heterocycles. The molecule has 164 valence electrons. The van der Waals surface area contributed by atoms with E-state index < -0.39 is 0 Å². The molecule has 5 nitrogen and oxygen atoms in total. The highest BCUT2D eigenvalue weighted by atomic mass is 32.1. The third-order valence-electron chi connectivity index (χ3n) is 5.74. The highest BCUT2D eigenvalue weighted by Crippen LogP contribution is 2.26. The van der Waals surface area contributed by atoms with Crippen LogP contribution in [-0.2, 0) is 6.54 Å². The van der Waals surface area contributed by atoms with Gasteiger partial charge in [-0.1, -0.05) is 45.2 Å². The highest BCUT2D eigenvalue weighted by Gasteiger charge is 2.15. The molecule has 0 radical (unpaired) electrons. The molecule has 3 aromatic rings. The van der Waals surface area contributed by atoms with E-state index in [0.29, 0.717) is 5.92 Å². The lowest BCUT2D eigenvalue weighted by molar-refractivity contribution is -0.384. The van der Waals surface area contributed by atoms with Gasteiger partial charge < -0.3 is 4.57 Å². The Morgan fingerprint density at radius 2 is 1.87 bits per heavy atom. The van der Waals surface area contributed by atoms with Crippen LogP contribution in [0.5, 0.6) is 0 Å². The van der Waals surface area contributed by atoms with Crippen LogP contribution in [0.4, 0.5) is 11.4 Å². The summed E-state index contributed by atoms with van der Waals surface area (Å²) >= 11 is 1.63. The Labute approximate surface area is 188 Å². The van der Waals surface area contributed by atoms with Gasteiger partial charge in [-0.2, -0.15) is 0 Å².